The number of piperidine rings is 1. The first-order chi connectivity index (χ1) is 13.5. The molecule has 1 fully saturated rings. The van der Waals surface area contributed by atoms with Gasteiger partial charge in [-0.2, -0.15) is 0 Å². The molecule has 3 aromatic rings. The maximum absolute atomic E-state index is 13.2. The van der Waals surface area contributed by atoms with E-state index in [0.29, 0.717) is 10.2 Å². The normalized spacial score (nSPS) is 19.9. The van der Waals surface area contributed by atoms with Gasteiger partial charge in [0.1, 0.15) is 11.4 Å². The number of aromatic nitrogens is 2. The minimum Gasteiger partial charge on any atom is -0.336 e. The molecule has 2 atom stereocenters. The number of carbonyl (C=O) groups is 1. The van der Waals surface area contributed by atoms with E-state index in [2.05, 4.69) is 18.8 Å². The quantitative estimate of drug-likeness (QED) is 0.667. The van der Waals surface area contributed by atoms with Crippen molar-refractivity contribution in [1.82, 2.24) is 14.5 Å². The molecule has 28 heavy (non-hydrogen) atoms. The largest absolute Gasteiger partial charge is 0.336 e. The number of rotatable bonds is 3. The second kappa shape index (κ2) is 7.51. The van der Waals surface area contributed by atoms with Gasteiger partial charge in [-0.1, -0.05) is 29.8 Å². The first-order valence-corrected chi connectivity index (χ1v) is 10.7. The van der Waals surface area contributed by atoms with Crippen LogP contribution in [0.1, 0.15) is 38.7 Å². The zero-order valence-electron chi connectivity index (χ0n) is 16.5. The minimum absolute atomic E-state index is 0.00457. The minimum atomic E-state index is -0.146. The molecule has 146 valence electrons. The van der Waals surface area contributed by atoms with Gasteiger partial charge in [-0.05, 0) is 45.6 Å². The van der Waals surface area contributed by atoms with Crippen molar-refractivity contribution in [3.8, 4) is 11.1 Å². The molecule has 2 aromatic heterocycles. The number of hydrogen-bond acceptors (Lipinski definition) is 4. The van der Waals surface area contributed by atoms with Gasteiger partial charge in [-0.25, -0.2) is 4.98 Å². The van der Waals surface area contributed by atoms with E-state index in [-0.39, 0.29) is 30.1 Å². The fraction of sp³-hybridized carbons (Fsp3) is 0.409. The highest BCUT2D eigenvalue weighted by atomic mass is 32.1. The van der Waals surface area contributed by atoms with Crippen molar-refractivity contribution in [3.05, 3.63) is 51.9 Å². The highest BCUT2D eigenvalue weighted by Gasteiger charge is 2.29. The van der Waals surface area contributed by atoms with Crippen molar-refractivity contribution >= 4 is 27.5 Å². The molecule has 0 bridgehead atoms. The second-order valence-corrected chi connectivity index (χ2v) is 8.66. The third-order valence-electron chi connectivity index (χ3n) is 5.71. The number of likely N-dealkylation sites (tertiary alicyclic amines) is 1. The van der Waals surface area contributed by atoms with Crippen molar-refractivity contribution < 1.29 is 4.79 Å². The lowest BCUT2D eigenvalue weighted by Gasteiger charge is -2.39. The summed E-state index contributed by atoms with van der Waals surface area (Å²) < 4.78 is 1.46. The summed E-state index contributed by atoms with van der Waals surface area (Å²) >= 11 is 1.46. The van der Waals surface area contributed by atoms with Crippen LogP contribution in [0.4, 0.5) is 0 Å². The molecule has 0 N–H and O–H groups in total. The molecule has 1 aliphatic heterocycles. The fourth-order valence-corrected chi connectivity index (χ4v) is 5.07. The summed E-state index contributed by atoms with van der Waals surface area (Å²) in [5.41, 5.74) is 2.92. The Hall–Kier alpha value is -2.47. The van der Waals surface area contributed by atoms with Crippen LogP contribution in [0.25, 0.3) is 21.3 Å². The third kappa shape index (κ3) is 3.37. The van der Waals surface area contributed by atoms with Gasteiger partial charge in [0, 0.05) is 23.0 Å². The molecule has 0 spiro atoms. The Bertz CT molecular complexity index is 1060. The average molecular weight is 396 g/mol. The molecule has 4 rings (SSSR count). The van der Waals surface area contributed by atoms with Crippen LogP contribution in [0, 0.1) is 6.92 Å². The summed E-state index contributed by atoms with van der Waals surface area (Å²) in [6.45, 7) is 6.26. The van der Waals surface area contributed by atoms with Crippen molar-refractivity contribution in [2.24, 2.45) is 0 Å². The Morgan fingerprint density at radius 3 is 2.54 bits per heavy atom. The van der Waals surface area contributed by atoms with Crippen LogP contribution in [0.5, 0.6) is 0 Å². The molecule has 1 saturated heterocycles. The Balaban J connectivity index is 1.70. The monoisotopic (exact) mass is 395 g/mol. The summed E-state index contributed by atoms with van der Waals surface area (Å²) in [4.78, 5) is 33.2. The van der Waals surface area contributed by atoms with Crippen LogP contribution in [-0.4, -0.2) is 32.4 Å². The molecule has 1 aliphatic rings. The number of nitrogens with zero attached hydrogens (tertiary/aromatic N) is 3. The maximum Gasteiger partial charge on any atom is 0.263 e. The van der Waals surface area contributed by atoms with Crippen LogP contribution in [0.3, 0.4) is 0 Å². The van der Waals surface area contributed by atoms with Crippen LogP contribution in [0.15, 0.2) is 40.8 Å². The Morgan fingerprint density at radius 1 is 1.18 bits per heavy atom. The van der Waals surface area contributed by atoms with Gasteiger partial charge in [0.05, 0.1) is 11.7 Å². The van der Waals surface area contributed by atoms with E-state index < -0.39 is 0 Å². The topological polar surface area (TPSA) is 55.2 Å². The fourth-order valence-electron chi connectivity index (χ4n) is 4.17. The number of amides is 1. The molecule has 1 amide bonds. The van der Waals surface area contributed by atoms with Crippen LogP contribution >= 0.6 is 11.3 Å². The molecule has 3 heterocycles. The summed E-state index contributed by atoms with van der Waals surface area (Å²) in [7, 11) is 0. The maximum atomic E-state index is 13.2. The summed E-state index contributed by atoms with van der Waals surface area (Å²) in [6, 6.07) is 8.55. The predicted molar refractivity (Wildman–Crippen MR) is 114 cm³/mol. The van der Waals surface area contributed by atoms with Gasteiger partial charge >= 0.3 is 0 Å². The third-order valence-corrected chi connectivity index (χ3v) is 6.60. The van der Waals surface area contributed by atoms with Gasteiger partial charge in [-0.15, -0.1) is 11.3 Å². The molecule has 5 nitrogen and oxygen atoms in total. The SMILES string of the molecule is Cc1ccc(-c2csc3ncn(CC(=O)N4[C@@H](C)CCC[C@@H]4C)c(=O)c23)cc1. The number of fused-ring (bicyclic) bond motifs is 1. The lowest BCUT2D eigenvalue weighted by Crippen LogP contribution is -2.49. The van der Waals surface area contributed by atoms with E-state index in [1.54, 1.807) is 0 Å². The first-order valence-electron chi connectivity index (χ1n) is 9.80. The summed E-state index contributed by atoms with van der Waals surface area (Å²) in [5.74, 6) is -0.00457. The first kappa shape index (κ1) is 18.9. The smallest absolute Gasteiger partial charge is 0.263 e. The summed E-state index contributed by atoms with van der Waals surface area (Å²) in [5, 5.41) is 2.58. The predicted octanol–water partition coefficient (Wildman–Crippen LogP) is 4.22. The highest BCUT2D eigenvalue weighted by Crippen LogP contribution is 2.30. The van der Waals surface area contributed by atoms with E-state index in [4.69, 9.17) is 0 Å². The number of aryl methyl sites for hydroxylation is 1. The number of thiophene rings is 1. The molecule has 0 aliphatic carbocycles. The Morgan fingerprint density at radius 2 is 1.86 bits per heavy atom. The van der Waals surface area contributed by atoms with Crippen molar-refractivity contribution in [1.29, 1.82) is 0 Å². The summed E-state index contributed by atoms with van der Waals surface area (Å²) in [6.07, 6.45) is 4.69. The Kier molecular flexibility index (Phi) is 5.06. The van der Waals surface area contributed by atoms with Crippen LogP contribution < -0.4 is 5.56 Å². The zero-order valence-corrected chi connectivity index (χ0v) is 17.3. The number of hydrogen-bond donors (Lipinski definition) is 0. The van der Waals surface area contributed by atoms with E-state index in [0.717, 1.165) is 30.4 Å². The zero-order chi connectivity index (χ0) is 19.8. The lowest BCUT2D eigenvalue weighted by molar-refractivity contribution is -0.138. The van der Waals surface area contributed by atoms with Crippen LogP contribution in [-0.2, 0) is 11.3 Å². The molecule has 6 heteroatoms. The van der Waals surface area contributed by atoms with Crippen LogP contribution in [0.2, 0.25) is 0 Å². The van der Waals surface area contributed by atoms with E-state index in [1.165, 1.54) is 27.8 Å². The standard InChI is InChI=1S/C22H25N3O2S/c1-14-7-9-17(10-8-14)18-12-28-21-20(18)22(27)24(13-23-21)11-19(26)25-15(2)5-4-6-16(25)3/h7-10,12-13,15-16H,4-6,11H2,1-3H3/t15-,16-/m0/s1. The Labute approximate surface area is 168 Å². The van der Waals surface area contributed by atoms with Crippen molar-refractivity contribution in [2.75, 3.05) is 0 Å². The second-order valence-electron chi connectivity index (χ2n) is 7.80. The van der Waals surface area contributed by atoms with Gasteiger partial charge in [0.15, 0.2) is 0 Å². The molecule has 1 aromatic carbocycles. The molecule has 0 radical (unpaired) electrons. The molecular weight excluding hydrogens is 370 g/mol. The van der Waals surface area contributed by atoms with Gasteiger partial charge in [0.2, 0.25) is 5.91 Å². The molecule has 0 unspecified atom stereocenters. The van der Waals surface area contributed by atoms with E-state index in [1.807, 2.05) is 41.5 Å². The van der Waals surface area contributed by atoms with Gasteiger partial charge < -0.3 is 4.90 Å². The number of carbonyl (C=O) groups excluding carboxylic acids is 1. The van der Waals surface area contributed by atoms with E-state index >= 15 is 0 Å². The lowest BCUT2D eigenvalue weighted by atomic mass is 9.97. The van der Waals surface area contributed by atoms with Crippen molar-refractivity contribution in [3.63, 3.8) is 0 Å². The molecular formula is C22H25N3O2S. The van der Waals surface area contributed by atoms with E-state index in [9.17, 15) is 9.59 Å². The average Bonchev–Trinajstić information content (AvgIpc) is 3.09. The van der Waals surface area contributed by atoms with Gasteiger partial charge in [-0.3, -0.25) is 14.2 Å². The molecule has 0 saturated carbocycles. The van der Waals surface area contributed by atoms with Crippen molar-refractivity contribution in [2.45, 2.75) is 58.7 Å². The highest BCUT2D eigenvalue weighted by molar-refractivity contribution is 7.17. The number of benzene rings is 1. The van der Waals surface area contributed by atoms with Gasteiger partial charge in [0.25, 0.3) is 5.56 Å².